The minimum atomic E-state index is -3.63. The average Bonchev–Trinajstić information content (AvgIpc) is 2.89. The highest BCUT2D eigenvalue weighted by Crippen LogP contribution is 2.36. The third-order valence-electron chi connectivity index (χ3n) is 4.25. The van der Waals surface area contributed by atoms with Crippen LogP contribution < -0.4 is 4.31 Å². The molecule has 1 aliphatic heterocycles. The molecule has 0 saturated heterocycles. The fraction of sp³-hybridized carbons (Fsp3) is 0.278. The number of carbonyl (C=O) groups is 1. The summed E-state index contributed by atoms with van der Waals surface area (Å²) in [4.78, 5) is 10.9. The van der Waals surface area contributed by atoms with Gasteiger partial charge in [0.2, 0.25) is 0 Å². The van der Waals surface area contributed by atoms with Crippen LogP contribution >= 0.6 is 0 Å². The van der Waals surface area contributed by atoms with Gasteiger partial charge >= 0.3 is 5.97 Å². The van der Waals surface area contributed by atoms with Gasteiger partial charge in [0.05, 0.1) is 10.6 Å². The summed E-state index contributed by atoms with van der Waals surface area (Å²) >= 11 is 0. The van der Waals surface area contributed by atoms with Crippen LogP contribution in [0.3, 0.4) is 0 Å². The number of fused-ring (bicyclic) bond motifs is 1. The van der Waals surface area contributed by atoms with E-state index in [1.165, 1.54) is 4.31 Å². The third kappa shape index (κ3) is 3.01. The Balaban J connectivity index is 1.90. The van der Waals surface area contributed by atoms with Crippen molar-refractivity contribution in [2.24, 2.45) is 0 Å². The first-order valence-corrected chi connectivity index (χ1v) is 9.26. The fourth-order valence-electron chi connectivity index (χ4n) is 3.10. The SMILES string of the molecule is C[C@H]1Cc2ccccc2N1S(=O)(=O)c1ccc(CCC(=O)O)cc1. The van der Waals surface area contributed by atoms with Crippen molar-refractivity contribution in [3.63, 3.8) is 0 Å². The smallest absolute Gasteiger partial charge is 0.303 e. The lowest BCUT2D eigenvalue weighted by atomic mass is 10.1. The Bertz CT molecular complexity index is 859. The minimum Gasteiger partial charge on any atom is -0.481 e. The van der Waals surface area contributed by atoms with E-state index < -0.39 is 16.0 Å². The molecule has 1 atom stereocenters. The molecule has 0 amide bonds. The van der Waals surface area contributed by atoms with E-state index in [0.29, 0.717) is 12.8 Å². The van der Waals surface area contributed by atoms with Gasteiger partial charge < -0.3 is 5.11 Å². The summed E-state index contributed by atoms with van der Waals surface area (Å²) in [6.07, 6.45) is 1.12. The molecule has 1 heterocycles. The molecular weight excluding hydrogens is 326 g/mol. The molecule has 0 bridgehead atoms. The zero-order valence-electron chi connectivity index (χ0n) is 13.3. The first-order valence-electron chi connectivity index (χ1n) is 7.82. The summed E-state index contributed by atoms with van der Waals surface area (Å²) in [6, 6.07) is 13.9. The van der Waals surface area contributed by atoms with Gasteiger partial charge in [0.15, 0.2) is 0 Å². The third-order valence-corrected chi connectivity index (χ3v) is 6.19. The second kappa shape index (κ2) is 6.28. The van der Waals surface area contributed by atoms with Crippen molar-refractivity contribution in [3.8, 4) is 0 Å². The Morgan fingerprint density at radius 2 is 1.83 bits per heavy atom. The number of nitrogens with zero attached hydrogens (tertiary/aromatic N) is 1. The molecule has 3 rings (SSSR count). The monoisotopic (exact) mass is 345 g/mol. The number of rotatable bonds is 5. The van der Waals surface area contributed by atoms with Gasteiger partial charge in [0.25, 0.3) is 10.0 Å². The van der Waals surface area contributed by atoms with Gasteiger partial charge in [-0.2, -0.15) is 0 Å². The topological polar surface area (TPSA) is 74.7 Å². The van der Waals surface area contributed by atoms with Crippen LogP contribution in [0.15, 0.2) is 53.4 Å². The molecule has 126 valence electrons. The van der Waals surface area contributed by atoms with Gasteiger partial charge in [0.1, 0.15) is 0 Å². The molecule has 1 aliphatic rings. The van der Waals surface area contributed by atoms with E-state index in [9.17, 15) is 13.2 Å². The zero-order valence-corrected chi connectivity index (χ0v) is 14.2. The largest absolute Gasteiger partial charge is 0.481 e. The van der Waals surface area contributed by atoms with E-state index in [2.05, 4.69) is 0 Å². The molecule has 0 aliphatic carbocycles. The van der Waals surface area contributed by atoms with Gasteiger partial charge in [-0.05, 0) is 49.1 Å². The first kappa shape index (κ1) is 16.5. The van der Waals surface area contributed by atoms with E-state index in [-0.39, 0.29) is 17.4 Å². The fourth-order valence-corrected chi connectivity index (χ4v) is 4.79. The number of aryl methyl sites for hydroxylation is 1. The number of hydrogen-bond donors (Lipinski definition) is 1. The number of para-hydroxylation sites is 1. The Kier molecular flexibility index (Phi) is 4.32. The summed E-state index contributed by atoms with van der Waals surface area (Å²) in [5.74, 6) is -0.866. The second-order valence-corrected chi connectivity index (χ2v) is 7.84. The highest BCUT2D eigenvalue weighted by molar-refractivity contribution is 7.92. The Labute approximate surface area is 141 Å². The molecule has 2 aromatic carbocycles. The Morgan fingerprint density at radius 3 is 2.50 bits per heavy atom. The lowest BCUT2D eigenvalue weighted by Gasteiger charge is -2.24. The molecule has 0 unspecified atom stereocenters. The van der Waals surface area contributed by atoms with Gasteiger partial charge in [-0.1, -0.05) is 30.3 Å². The predicted molar refractivity (Wildman–Crippen MR) is 91.7 cm³/mol. The van der Waals surface area contributed by atoms with Crippen LogP contribution in [-0.4, -0.2) is 25.5 Å². The first-order chi connectivity index (χ1) is 11.4. The van der Waals surface area contributed by atoms with E-state index in [0.717, 1.165) is 16.8 Å². The van der Waals surface area contributed by atoms with Crippen molar-refractivity contribution in [2.45, 2.75) is 37.1 Å². The lowest BCUT2D eigenvalue weighted by molar-refractivity contribution is -0.136. The van der Waals surface area contributed by atoms with E-state index >= 15 is 0 Å². The average molecular weight is 345 g/mol. The molecule has 0 spiro atoms. The van der Waals surface area contributed by atoms with Crippen LogP contribution in [-0.2, 0) is 27.7 Å². The van der Waals surface area contributed by atoms with E-state index in [4.69, 9.17) is 5.11 Å². The summed E-state index contributed by atoms with van der Waals surface area (Å²) in [5, 5.41) is 8.72. The summed E-state index contributed by atoms with van der Waals surface area (Å²) in [6.45, 7) is 1.90. The van der Waals surface area contributed by atoms with Crippen LogP contribution in [0.4, 0.5) is 5.69 Å². The molecule has 1 N–H and O–H groups in total. The number of aliphatic carboxylic acids is 1. The predicted octanol–water partition coefficient (Wildman–Crippen LogP) is 2.84. The summed E-state index contributed by atoms with van der Waals surface area (Å²) < 4.78 is 27.5. The number of anilines is 1. The summed E-state index contributed by atoms with van der Waals surface area (Å²) in [7, 11) is -3.63. The van der Waals surface area contributed by atoms with Crippen molar-refractivity contribution in [3.05, 3.63) is 59.7 Å². The summed E-state index contributed by atoms with van der Waals surface area (Å²) in [5.41, 5.74) is 2.58. The van der Waals surface area contributed by atoms with Crippen LogP contribution in [0.1, 0.15) is 24.5 Å². The van der Waals surface area contributed by atoms with Gasteiger partial charge in [0, 0.05) is 12.5 Å². The maximum absolute atomic E-state index is 13.0. The van der Waals surface area contributed by atoms with Crippen molar-refractivity contribution < 1.29 is 18.3 Å². The zero-order chi connectivity index (χ0) is 17.3. The highest BCUT2D eigenvalue weighted by atomic mass is 32.2. The minimum absolute atomic E-state index is 0.0304. The molecule has 0 aromatic heterocycles. The van der Waals surface area contributed by atoms with E-state index in [1.807, 2.05) is 31.2 Å². The Morgan fingerprint density at radius 1 is 1.17 bits per heavy atom. The van der Waals surface area contributed by atoms with Crippen LogP contribution in [0.25, 0.3) is 0 Å². The normalized spacial score (nSPS) is 16.9. The molecular formula is C18H19NO4S. The maximum Gasteiger partial charge on any atom is 0.303 e. The molecule has 5 nitrogen and oxygen atoms in total. The number of hydrogen-bond acceptors (Lipinski definition) is 3. The standard InChI is InChI=1S/C18H19NO4S/c1-13-12-15-4-2-3-5-17(15)19(13)24(22,23)16-9-6-14(7-10-16)8-11-18(20)21/h2-7,9-10,13H,8,11-12H2,1H3,(H,20,21)/t13-/m0/s1. The van der Waals surface area contributed by atoms with Crippen LogP contribution in [0.2, 0.25) is 0 Å². The van der Waals surface area contributed by atoms with Crippen molar-refractivity contribution in [2.75, 3.05) is 4.31 Å². The van der Waals surface area contributed by atoms with Crippen molar-refractivity contribution in [1.82, 2.24) is 0 Å². The van der Waals surface area contributed by atoms with Gasteiger partial charge in [-0.15, -0.1) is 0 Å². The number of carboxylic acids is 1. The second-order valence-electron chi connectivity index (χ2n) is 6.02. The molecule has 0 radical (unpaired) electrons. The maximum atomic E-state index is 13.0. The van der Waals surface area contributed by atoms with Crippen LogP contribution in [0.5, 0.6) is 0 Å². The highest BCUT2D eigenvalue weighted by Gasteiger charge is 2.35. The molecule has 0 fully saturated rings. The van der Waals surface area contributed by atoms with Gasteiger partial charge in [-0.3, -0.25) is 9.10 Å². The quantitative estimate of drug-likeness (QED) is 0.904. The Hall–Kier alpha value is -2.34. The lowest BCUT2D eigenvalue weighted by Crippen LogP contribution is -2.35. The number of carboxylic acid groups (broad SMARTS) is 1. The number of sulfonamides is 1. The van der Waals surface area contributed by atoms with E-state index in [1.54, 1.807) is 24.3 Å². The van der Waals surface area contributed by atoms with Gasteiger partial charge in [-0.25, -0.2) is 8.42 Å². The molecule has 2 aromatic rings. The number of benzene rings is 2. The van der Waals surface area contributed by atoms with Crippen molar-refractivity contribution >= 4 is 21.7 Å². The molecule has 6 heteroatoms. The van der Waals surface area contributed by atoms with Crippen LogP contribution in [0, 0.1) is 0 Å². The van der Waals surface area contributed by atoms with Crippen molar-refractivity contribution in [1.29, 1.82) is 0 Å². The molecule has 24 heavy (non-hydrogen) atoms. The molecule has 0 saturated carbocycles.